The lowest BCUT2D eigenvalue weighted by molar-refractivity contribution is -0.148. The van der Waals surface area contributed by atoms with Gasteiger partial charge in [-0.05, 0) is 6.92 Å². The molecule has 0 radical (unpaired) electrons. The number of aromatic nitrogens is 2. The Hall–Kier alpha value is -3.52. The molecule has 1 aromatic heterocycles. The highest BCUT2D eigenvalue weighted by Crippen LogP contribution is 2.03. The summed E-state index contributed by atoms with van der Waals surface area (Å²) in [6.45, 7) is 0.766. The second-order valence-corrected chi connectivity index (χ2v) is 6.33. The first kappa shape index (κ1) is 24.5. The lowest BCUT2D eigenvalue weighted by Gasteiger charge is -2.25. The number of carbonyl (C=O) groups excluding carboxylic acids is 3. The first-order valence-electron chi connectivity index (χ1n) is 8.75. The molecule has 1 heterocycles. The number of H-pyrrole nitrogens is 1. The van der Waals surface area contributed by atoms with Gasteiger partial charge in [0, 0.05) is 18.3 Å². The number of aliphatic hydroxyl groups excluding tert-OH is 1. The van der Waals surface area contributed by atoms with Gasteiger partial charge in [0.15, 0.2) is 0 Å². The van der Waals surface area contributed by atoms with Crippen molar-refractivity contribution in [3.63, 3.8) is 0 Å². The molecule has 0 bridgehead atoms. The summed E-state index contributed by atoms with van der Waals surface area (Å²) >= 11 is 0. The molecule has 0 aliphatic carbocycles. The number of nitrogens with two attached hydrogens (primary N) is 1. The fourth-order valence-electron chi connectivity index (χ4n) is 2.37. The molecule has 3 amide bonds. The Morgan fingerprint density at radius 2 is 1.77 bits per heavy atom. The molecule has 1 rings (SSSR count). The van der Waals surface area contributed by atoms with Crippen molar-refractivity contribution >= 4 is 29.7 Å². The van der Waals surface area contributed by atoms with Crippen LogP contribution in [0.3, 0.4) is 0 Å². The van der Waals surface area contributed by atoms with Crippen molar-refractivity contribution in [3.05, 3.63) is 18.2 Å². The maximum absolute atomic E-state index is 12.6. The molecule has 4 atom stereocenters. The molecular formula is C16H24N6O8. The molecule has 0 aliphatic heterocycles. The minimum atomic E-state index is -1.77. The second-order valence-electron chi connectivity index (χ2n) is 6.33. The largest absolute Gasteiger partial charge is 0.481 e. The van der Waals surface area contributed by atoms with Crippen molar-refractivity contribution in [1.29, 1.82) is 0 Å². The number of aromatic amines is 1. The highest BCUT2D eigenvalue weighted by atomic mass is 16.4. The van der Waals surface area contributed by atoms with E-state index in [-0.39, 0.29) is 6.42 Å². The Morgan fingerprint density at radius 1 is 1.10 bits per heavy atom. The van der Waals surface area contributed by atoms with Gasteiger partial charge in [-0.3, -0.25) is 19.2 Å². The van der Waals surface area contributed by atoms with E-state index in [1.54, 1.807) is 0 Å². The van der Waals surface area contributed by atoms with Crippen molar-refractivity contribution in [2.45, 2.75) is 44.0 Å². The summed E-state index contributed by atoms with van der Waals surface area (Å²) in [7, 11) is 0. The first-order chi connectivity index (χ1) is 14.0. The van der Waals surface area contributed by atoms with Gasteiger partial charge in [0.2, 0.25) is 17.7 Å². The van der Waals surface area contributed by atoms with Crippen LogP contribution in [-0.2, 0) is 30.4 Å². The molecular weight excluding hydrogens is 404 g/mol. The SMILES string of the molecule is C[C@@H](O)[C@H](NC(=O)[C@H](Cc1cnc[nH]1)NC(=O)CN)C(=O)N[C@@H](CC(=O)O)C(=O)O. The van der Waals surface area contributed by atoms with Gasteiger partial charge in [0.05, 0.1) is 25.4 Å². The Kier molecular flexibility index (Phi) is 9.38. The summed E-state index contributed by atoms with van der Waals surface area (Å²) in [6.07, 6.45) is 0.359. The van der Waals surface area contributed by atoms with Crippen molar-refractivity contribution in [2.24, 2.45) is 5.73 Å². The van der Waals surface area contributed by atoms with Crippen molar-refractivity contribution in [1.82, 2.24) is 25.9 Å². The number of carbonyl (C=O) groups is 5. The Balaban J connectivity index is 2.94. The number of hydrogen-bond acceptors (Lipinski definition) is 8. The summed E-state index contributed by atoms with van der Waals surface area (Å²) < 4.78 is 0. The van der Waals surface area contributed by atoms with Crippen LogP contribution in [0.4, 0.5) is 0 Å². The fourth-order valence-corrected chi connectivity index (χ4v) is 2.37. The summed E-state index contributed by atoms with van der Waals surface area (Å²) in [5.41, 5.74) is 5.73. The quantitative estimate of drug-likeness (QED) is 0.162. The third-order valence-corrected chi connectivity index (χ3v) is 3.87. The second kappa shape index (κ2) is 11.5. The predicted molar refractivity (Wildman–Crippen MR) is 98.7 cm³/mol. The van der Waals surface area contributed by atoms with Gasteiger partial charge in [-0.1, -0.05) is 0 Å². The van der Waals surface area contributed by atoms with E-state index in [4.69, 9.17) is 15.9 Å². The molecule has 0 fully saturated rings. The standard InChI is InChI=1S/C16H24N6O8/c1-7(23)13(15(28)21-10(16(29)30)3-12(25)26)22-14(27)9(20-11(24)4-17)2-8-5-18-6-19-8/h5-7,9-10,13,23H,2-4,17H2,1H3,(H,18,19)(H,20,24)(H,21,28)(H,22,27)(H,25,26)(H,29,30)/t7-,9+,10+,13+/m1/s1. The van der Waals surface area contributed by atoms with Crippen LogP contribution in [0.15, 0.2) is 12.5 Å². The molecule has 0 saturated carbocycles. The zero-order valence-corrected chi connectivity index (χ0v) is 16.0. The van der Waals surface area contributed by atoms with Crippen LogP contribution >= 0.6 is 0 Å². The fraction of sp³-hybridized carbons (Fsp3) is 0.500. The molecule has 9 N–H and O–H groups in total. The Bertz CT molecular complexity index is 766. The van der Waals surface area contributed by atoms with E-state index < -0.39 is 66.9 Å². The Morgan fingerprint density at radius 3 is 2.23 bits per heavy atom. The number of nitrogens with zero attached hydrogens (tertiary/aromatic N) is 1. The topological polar surface area (TPSA) is 237 Å². The van der Waals surface area contributed by atoms with Crippen molar-refractivity contribution in [3.8, 4) is 0 Å². The zero-order valence-electron chi connectivity index (χ0n) is 16.0. The normalized spacial score (nSPS) is 14.6. The van der Waals surface area contributed by atoms with Gasteiger partial charge in [-0.25, -0.2) is 9.78 Å². The summed E-state index contributed by atoms with van der Waals surface area (Å²) in [6, 6.07) is -4.58. The van der Waals surface area contributed by atoms with Gasteiger partial charge >= 0.3 is 11.9 Å². The van der Waals surface area contributed by atoms with Crippen LogP contribution < -0.4 is 21.7 Å². The van der Waals surface area contributed by atoms with Gasteiger partial charge in [-0.15, -0.1) is 0 Å². The average Bonchev–Trinajstić information content (AvgIpc) is 3.16. The average molecular weight is 428 g/mol. The van der Waals surface area contributed by atoms with Crippen LogP contribution in [0.2, 0.25) is 0 Å². The number of aliphatic carboxylic acids is 2. The molecule has 0 saturated heterocycles. The molecule has 166 valence electrons. The molecule has 14 nitrogen and oxygen atoms in total. The number of carboxylic acid groups (broad SMARTS) is 2. The predicted octanol–water partition coefficient (Wildman–Crippen LogP) is -3.69. The number of hydrogen-bond donors (Lipinski definition) is 8. The third-order valence-electron chi connectivity index (χ3n) is 3.87. The maximum atomic E-state index is 12.6. The number of imidazole rings is 1. The molecule has 14 heteroatoms. The minimum absolute atomic E-state index is 0.0392. The van der Waals surface area contributed by atoms with Crippen LogP contribution in [0, 0.1) is 0 Å². The van der Waals surface area contributed by atoms with Crippen molar-refractivity contribution in [2.75, 3.05) is 6.54 Å². The number of nitrogens with one attached hydrogen (secondary N) is 4. The highest BCUT2D eigenvalue weighted by molar-refractivity contribution is 5.94. The molecule has 1 aromatic rings. The van der Waals surface area contributed by atoms with Gasteiger partial charge in [0.1, 0.15) is 18.1 Å². The maximum Gasteiger partial charge on any atom is 0.326 e. The van der Waals surface area contributed by atoms with Crippen LogP contribution in [0.5, 0.6) is 0 Å². The summed E-state index contributed by atoms with van der Waals surface area (Å²) in [5.74, 6) is -5.70. The highest BCUT2D eigenvalue weighted by Gasteiger charge is 2.33. The molecule has 0 unspecified atom stereocenters. The monoisotopic (exact) mass is 428 g/mol. The smallest absolute Gasteiger partial charge is 0.326 e. The van der Waals surface area contributed by atoms with E-state index in [2.05, 4.69) is 20.6 Å². The molecule has 0 aliphatic rings. The minimum Gasteiger partial charge on any atom is -0.481 e. The van der Waals surface area contributed by atoms with Gasteiger partial charge in [0.25, 0.3) is 0 Å². The molecule has 0 spiro atoms. The van der Waals surface area contributed by atoms with E-state index in [0.717, 1.165) is 0 Å². The number of rotatable bonds is 12. The zero-order chi connectivity index (χ0) is 22.8. The summed E-state index contributed by atoms with van der Waals surface area (Å²) in [5, 5.41) is 34.2. The van der Waals surface area contributed by atoms with E-state index in [1.165, 1.54) is 19.4 Å². The van der Waals surface area contributed by atoms with Crippen LogP contribution in [0.1, 0.15) is 19.0 Å². The van der Waals surface area contributed by atoms with E-state index >= 15 is 0 Å². The van der Waals surface area contributed by atoms with Crippen LogP contribution in [-0.4, -0.2) is 85.7 Å². The summed E-state index contributed by atoms with van der Waals surface area (Å²) in [4.78, 5) is 65.1. The lowest BCUT2D eigenvalue weighted by Crippen LogP contribution is -2.59. The van der Waals surface area contributed by atoms with Crippen LogP contribution in [0.25, 0.3) is 0 Å². The van der Waals surface area contributed by atoms with E-state index in [1.807, 2.05) is 5.32 Å². The van der Waals surface area contributed by atoms with Crippen molar-refractivity contribution < 1.29 is 39.3 Å². The van der Waals surface area contributed by atoms with E-state index in [9.17, 15) is 29.1 Å². The number of aliphatic hydroxyl groups is 1. The molecule has 30 heavy (non-hydrogen) atoms. The molecule has 0 aromatic carbocycles. The number of carboxylic acids is 2. The van der Waals surface area contributed by atoms with Gasteiger partial charge in [-0.2, -0.15) is 0 Å². The lowest BCUT2D eigenvalue weighted by atomic mass is 10.1. The third kappa shape index (κ3) is 7.84. The van der Waals surface area contributed by atoms with E-state index in [0.29, 0.717) is 5.69 Å². The number of amides is 3. The first-order valence-corrected chi connectivity index (χ1v) is 8.75. The Labute approximate surface area is 170 Å². The van der Waals surface area contributed by atoms with Gasteiger partial charge < -0.3 is 42.0 Å².